The number of benzene rings is 1. The van der Waals surface area contributed by atoms with Crippen molar-refractivity contribution in [2.75, 3.05) is 11.9 Å². The van der Waals surface area contributed by atoms with Crippen molar-refractivity contribution in [2.45, 2.75) is 6.92 Å². The number of rotatable bonds is 5. The zero-order valence-electron chi connectivity index (χ0n) is 11.5. The molecular formula is C16H15NO4. The van der Waals surface area contributed by atoms with Gasteiger partial charge in [0.05, 0.1) is 6.26 Å². The summed E-state index contributed by atoms with van der Waals surface area (Å²) in [6.07, 6.45) is 4.18. The van der Waals surface area contributed by atoms with Crippen LogP contribution >= 0.6 is 0 Å². The fraction of sp³-hybridized carbons (Fsp3) is 0.125. The number of hydrogen-bond donors (Lipinski definition) is 1. The number of carbonyl (C=O) groups is 2. The summed E-state index contributed by atoms with van der Waals surface area (Å²) in [5.41, 5.74) is 1.70. The second-order valence-electron chi connectivity index (χ2n) is 4.37. The molecule has 0 saturated carbocycles. The van der Waals surface area contributed by atoms with E-state index in [0.717, 1.165) is 5.56 Å². The Balaban J connectivity index is 1.77. The largest absolute Gasteiger partial charge is 0.465 e. The van der Waals surface area contributed by atoms with Gasteiger partial charge >= 0.3 is 5.97 Å². The zero-order valence-corrected chi connectivity index (χ0v) is 11.5. The maximum Gasteiger partial charge on any atom is 0.331 e. The van der Waals surface area contributed by atoms with E-state index in [2.05, 4.69) is 5.32 Å². The first kappa shape index (κ1) is 14.6. The molecule has 5 heteroatoms. The molecule has 0 spiro atoms. The summed E-state index contributed by atoms with van der Waals surface area (Å²) in [6, 6.07) is 10.8. The third-order valence-electron chi connectivity index (χ3n) is 2.57. The van der Waals surface area contributed by atoms with E-state index in [4.69, 9.17) is 9.15 Å². The van der Waals surface area contributed by atoms with E-state index in [1.807, 2.05) is 25.1 Å². The summed E-state index contributed by atoms with van der Waals surface area (Å²) >= 11 is 0. The van der Waals surface area contributed by atoms with Gasteiger partial charge in [-0.25, -0.2) is 4.79 Å². The van der Waals surface area contributed by atoms with Crippen LogP contribution in [0.25, 0.3) is 6.08 Å². The van der Waals surface area contributed by atoms with Crippen molar-refractivity contribution in [1.82, 2.24) is 0 Å². The Morgan fingerprint density at radius 2 is 2.14 bits per heavy atom. The van der Waals surface area contributed by atoms with Crippen LogP contribution in [0, 0.1) is 6.92 Å². The molecule has 0 saturated heterocycles. The van der Waals surface area contributed by atoms with Crippen molar-refractivity contribution in [3.8, 4) is 0 Å². The van der Waals surface area contributed by atoms with Gasteiger partial charge in [0.1, 0.15) is 5.76 Å². The molecule has 0 aliphatic rings. The van der Waals surface area contributed by atoms with Gasteiger partial charge in [-0.05, 0) is 42.8 Å². The van der Waals surface area contributed by atoms with Crippen LogP contribution in [-0.4, -0.2) is 18.5 Å². The van der Waals surface area contributed by atoms with Crippen LogP contribution < -0.4 is 5.32 Å². The number of nitrogens with one attached hydrogen (secondary N) is 1. The minimum Gasteiger partial charge on any atom is -0.465 e. The van der Waals surface area contributed by atoms with E-state index in [1.165, 1.54) is 18.4 Å². The summed E-state index contributed by atoms with van der Waals surface area (Å²) in [5.74, 6) is -0.456. The fourth-order valence-electron chi connectivity index (χ4n) is 1.64. The average Bonchev–Trinajstić information content (AvgIpc) is 2.96. The number of hydrogen-bond acceptors (Lipinski definition) is 4. The van der Waals surface area contributed by atoms with Crippen LogP contribution in [0.5, 0.6) is 0 Å². The molecule has 1 amide bonds. The van der Waals surface area contributed by atoms with E-state index >= 15 is 0 Å². The predicted octanol–water partition coefficient (Wildman–Crippen LogP) is 2.78. The topological polar surface area (TPSA) is 68.5 Å². The van der Waals surface area contributed by atoms with Gasteiger partial charge in [0.15, 0.2) is 6.61 Å². The van der Waals surface area contributed by atoms with E-state index in [-0.39, 0.29) is 12.5 Å². The molecule has 0 radical (unpaired) electrons. The van der Waals surface area contributed by atoms with Crippen LogP contribution in [0.2, 0.25) is 0 Å². The third kappa shape index (κ3) is 4.99. The van der Waals surface area contributed by atoms with Gasteiger partial charge < -0.3 is 14.5 Å². The molecule has 108 valence electrons. The lowest BCUT2D eigenvalue weighted by atomic mass is 10.2. The minimum absolute atomic E-state index is 0.338. The fourth-order valence-corrected chi connectivity index (χ4v) is 1.64. The molecule has 2 rings (SSSR count). The van der Waals surface area contributed by atoms with Crippen LogP contribution in [0.1, 0.15) is 11.3 Å². The highest BCUT2D eigenvalue weighted by atomic mass is 16.5. The van der Waals surface area contributed by atoms with Crippen molar-refractivity contribution >= 4 is 23.6 Å². The molecule has 0 aliphatic heterocycles. The van der Waals surface area contributed by atoms with Gasteiger partial charge in [0.25, 0.3) is 5.91 Å². The number of amides is 1. The van der Waals surface area contributed by atoms with Gasteiger partial charge in [-0.3, -0.25) is 4.79 Å². The number of anilines is 1. The first-order valence-electron chi connectivity index (χ1n) is 6.38. The Kier molecular flexibility index (Phi) is 4.93. The van der Waals surface area contributed by atoms with Gasteiger partial charge in [0, 0.05) is 11.8 Å². The molecule has 1 heterocycles. The number of furan rings is 1. The Morgan fingerprint density at radius 3 is 2.86 bits per heavy atom. The van der Waals surface area contributed by atoms with Gasteiger partial charge in [0.2, 0.25) is 0 Å². The molecule has 0 fully saturated rings. The lowest BCUT2D eigenvalue weighted by Crippen LogP contribution is -2.20. The van der Waals surface area contributed by atoms with Crippen molar-refractivity contribution in [3.05, 3.63) is 60.1 Å². The number of ether oxygens (including phenoxy) is 1. The zero-order chi connectivity index (χ0) is 15.1. The summed E-state index contributed by atoms with van der Waals surface area (Å²) < 4.78 is 9.85. The molecule has 5 nitrogen and oxygen atoms in total. The Labute approximate surface area is 122 Å². The number of carbonyl (C=O) groups excluding carboxylic acids is 2. The van der Waals surface area contributed by atoms with Crippen LogP contribution in [0.4, 0.5) is 5.69 Å². The van der Waals surface area contributed by atoms with Crippen molar-refractivity contribution in [2.24, 2.45) is 0 Å². The molecular weight excluding hydrogens is 270 g/mol. The molecule has 1 aromatic heterocycles. The van der Waals surface area contributed by atoms with E-state index in [0.29, 0.717) is 11.4 Å². The molecule has 1 aromatic carbocycles. The van der Waals surface area contributed by atoms with Crippen molar-refractivity contribution < 1.29 is 18.7 Å². The Hall–Kier alpha value is -2.82. The van der Waals surface area contributed by atoms with E-state index < -0.39 is 5.97 Å². The van der Waals surface area contributed by atoms with Crippen LogP contribution in [0.3, 0.4) is 0 Å². The van der Waals surface area contributed by atoms with Gasteiger partial charge in [-0.15, -0.1) is 0 Å². The molecule has 0 bridgehead atoms. The van der Waals surface area contributed by atoms with Crippen molar-refractivity contribution in [1.29, 1.82) is 0 Å². The highest BCUT2D eigenvalue weighted by Gasteiger charge is 2.05. The van der Waals surface area contributed by atoms with Crippen LogP contribution in [0.15, 0.2) is 53.2 Å². The number of esters is 1. The highest BCUT2D eigenvalue weighted by Crippen LogP contribution is 2.09. The maximum absolute atomic E-state index is 11.6. The van der Waals surface area contributed by atoms with E-state index in [1.54, 1.807) is 18.2 Å². The van der Waals surface area contributed by atoms with E-state index in [9.17, 15) is 9.59 Å². The molecule has 1 N–H and O–H groups in total. The molecule has 0 aliphatic carbocycles. The van der Waals surface area contributed by atoms with Gasteiger partial charge in [-0.2, -0.15) is 0 Å². The second-order valence-corrected chi connectivity index (χ2v) is 4.37. The number of aryl methyl sites for hydroxylation is 1. The lowest BCUT2D eigenvalue weighted by molar-refractivity contribution is -0.142. The molecule has 2 aromatic rings. The average molecular weight is 285 g/mol. The molecule has 21 heavy (non-hydrogen) atoms. The smallest absolute Gasteiger partial charge is 0.331 e. The minimum atomic E-state index is -0.606. The van der Waals surface area contributed by atoms with Gasteiger partial charge in [-0.1, -0.05) is 12.1 Å². The summed E-state index contributed by atoms with van der Waals surface area (Å²) in [5, 5.41) is 2.65. The maximum atomic E-state index is 11.6. The highest BCUT2D eigenvalue weighted by molar-refractivity contribution is 5.94. The SMILES string of the molecule is Cc1cccc(NC(=O)COC(=O)/C=C/c2ccco2)c1. The first-order chi connectivity index (χ1) is 10.1. The Morgan fingerprint density at radius 1 is 1.29 bits per heavy atom. The van der Waals surface area contributed by atoms with Crippen LogP contribution in [-0.2, 0) is 14.3 Å². The van der Waals surface area contributed by atoms with Crippen molar-refractivity contribution in [3.63, 3.8) is 0 Å². The third-order valence-corrected chi connectivity index (χ3v) is 2.57. The monoisotopic (exact) mass is 285 g/mol. The Bertz CT molecular complexity index is 644. The standard InChI is InChI=1S/C16H15NO4/c1-12-4-2-5-13(10-12)17-15(18)11-21-16(19)8-7-14-6-3-9-20-14/h2-10H,11H2,1H3,(H,17,18)/b8-7+. The molecule has 0 unspecified atom stereocenters. The lowest BCUT2D eigenvalue weighted by Gasteiger charge is -2.05. The predicted molar refractivity (Wildman–Crippen MR) is 78.5 cm³/mol. The normalized spacial score (nSPS) is 10.5. The quantitative estimate of drug-likeness (QED) is 0.677. The summed E-state index contributed by atoms with van der Waals surface area (Å²) in [6.45, 7) is 1.59. The molecule has 0 atom stereocenters. The second kappa shape index (κ2) is 7.09. The summed E-state index contributed by atoms with van der Waals surface area (Å²) in [4.78, 5) is 23.0. The first-order valence-corrected chi connectivity index (χ1v) is 6.38. The summed E-state index contributed by atoms with van der Waals surface area (Å²) in [7, 11) is 0.